The van der Waals surface area contributed by atoms with E-state index in [1.807, 2.05) is 13.1 Å². The zero-order valence-corrected chi connectivity index (χ0v) is 13.4. The van der Waals surface area contributed by atoms with Crippen molar-refractivity contribution >= 4 is 0 Å². The molecule has 4 nitrogen and oxygen atoms in total. The molecule has 0 radical (unpaired) electrons. The Labute approximate surface area is 122 Å². The molecule has 0 saturated carbocycles. The van der Waals surface area contributed by atoms with Crippen molar-refractivity contribution in [2.24, 2.45) is 0 Å². The van der Waals surface area contributed by atoms with E-state index in [2.05, 4.69) is 36.0 Å². The van der Waals surface area contributed by atoms with Crippen molar-refractivity contribution < 1.29 is 4.74 Å². The smallest absolute Gasteiger partial charge is 0.128 e. The van der Waals surface area contributed by atoms with Gasteiger partial charge < -0.3 is 10.1 Å². The number of nitrogens with one attached hydrogen (secondary N) is 1. The minimum atomic E-state index is 0.547. The molecule has 0 aromatic carbocycles. The molecule has 2 atom stereocenters. The van der Waals surface area contributed by atoms with Crippen molar-refractivity contribution in [3.63, 3.8) is 0 Å². The highest BCUT2D eigenvalue weighted by Crippen LogP contribution is 2.25. The van der Waals surface area contributed by atoms with E-state index in [4.69, 9.17) is 4.74 Å². The summed E-state index contributed by atoms with van der Waals surface area (Å²) in [6.07, 6.45) is 3.09. The van der Waals surface area contributed by atoms with E-state index in [1.165, 1.54) is 12.0 Å². The average molecular weight is 277 g/mol. The standard InChI is InChI=1S/C16H27N3O/c1-6-14-8-17-12(3)9-19(14)10-15-13(4)16(20-5)11(2)7-18-15/h7,12,14,17H,6,8-10H2,1-5H3. The van der Waals surface area contributed by atoms with Gasteiger partial charge in [0.2, 0.25) is 0 Å². The molecule has 112 valence electrons. The fourth-order valence-corrected chi connectivity index (χ4v) is 3.05. The number of hydrogen-bond donors (Lipinski definition) is 1. The number of rotatable bonds is 4. The first-order valence-corrected chi connectivity index (χ1v) is 7.53. The molecule has 0 bridgehead atoms. The Morgan fingerprint density at radius 1 is 1.45 bits per heavy atom. The second-order valence-electron chi connectivity index (χ2n) is 5.85. The second-order valence-corrected chi connectivity index (χ2v) is 5.85. The van der Waals surface area contributed by atoms with E-state index < -0.39 is 0 Å². The van der Waals surface area contributed by atoms with Gasteiger partial charge in [0.15, 0.2) is 0 Å². The predicted molar refractivity (Wildman–Crippen MR) is 82.2 cm³/mol. The number of aromatic nitrogens is 1. The summed E-state index contributed by atoms with van der Waals surface area (Å²) in [6, 6.07) is 1.14. The van der Waals surface area contributed by atoms with Crippen LogP contribution in [0.15, 0.2) is 6.20 Å². The number of methoxy groups -OCH3 is 1. The third kappa shape index (κ3) is 3.13. The van der Waals surface area contributed by atoms with Gasteiger partial charge in [0.05, 0.1) is 12.8 Å². The van der Waals surface area contributed by atoms with Crippen LogP contribution in [0.4, 0.5) is 0 Å². The van der Waals surface area contributed by atoms with Gasteiger partial charge in [-0.2, -0.15) is 0 Å². The fraction of sp³-hybridized carbons (Fsp3) is 0.688. The zero-order valence-electron chi connectivity index (χ0n) is 13.4. The Morgan fingerprint density at radius 3 is 2.85 bits per heavy atom. The monoisotopic (exact) mass is 277 g/mol. The lowest BCUT2D eigenvalue weighted by atomic mass is 10.1. The van der Waals surface area contributed by atoms with Crippen molar-refractivity contribution in [1.29, 1.82) is 0 Å². The molecule has 2 unspecified atom stereocenters. The van der Waals surface area contributed by atoms with E-state index in [-0.39, 0.29) is 0 Å². The molecule has 0 amide bonds. The maximum absolute atomic E-state index is 5.51. The largest absolute Gasteiger partial charge is 0.496 e. The van der Waals surface area contributed by atoms with Crippen molar-refractivity contribution in [3.8, 4) is 5.75 Å². The lowest BCUT2D eigenvalue weighted by molar-refractivity contribution is 0.122. The maximum Gasteiger partial charge on any atom is 0.128 e. The lowest BCUT2D eigenvalue weighted by Crippen LogP contribution is -2.54. The van der Waals surface area contributed by atoms with Gasteiger partial charge in [0, 0.05) is 49.0 Å². The van der Waals surface area contributed by atoms with Crippen LogP contribution in [0.1, 0.15) is 37.1 Å². The zero-order chi connectivity index (χ0) is 14.7. The van der Waals surface area contributed by atoms with Gasteiger partial charge in [-0.15, -0.1) is 0 Å². The van der Waals surface area contributed by atoms with Crippen LogP contribution in [0.5, 0.6) is 5.75 Å². The highest BCUT2D eigenvalue weighted by Gasteiger charge is 2.25. The molecule has 0 aliphatic carbocycles. The second kappa shape index (κ2) is 6.55. The van der Waals surface area contributed by atoms with Crippen molar-refractivity contribution in [2.45, 2.75) is 52.7 Å². The normalized spacial score (nSPS) is 23.9. The highest BCUT2D eigenvalue weighted by atomic mass is 16.5. The third-order valence-electron chi connectivity index (χ3n) is 4.30. The summed E-state index contributed by atoms with van der Waals surface area (Å²) in [6.45, 7) is 11.7. The minimum Gasteiger partial charge on any atom is -0.496 e. The molecule has 20 heavy (non-hydrogen) atoms. The van der Waals surface area contributed by atoms with Gasteiger partial charge >= 0.3 is 0 Å². The van der Waals surface area contributed by atoms with E-state index in [1.54, 1.807) is 7.11 Å². The summed E-state index contributed by atoms with van der Waals surface area (Å²) in [5.41, 5.74) is 3.42. The van der Waals surface area contributed by atoms with Gasteiger partial charge in [-0.1, -0.05) is 6.92 Å². The number of ether oxygens (including phenoxy) is 1. The van der Waals surface area contributed by atoms with Crippen LogP contribution in [0.3, 0.4) is 0 Å². The molecule has 1 aliphatic rings. The summed E-state index contributed by atoms with van der Waals surface area (Å²) < 4.78 is 5.51. The molecule has 1 aromatic heterocycles. The van der Waals surface area contributed by atoms with E-state index in [0.29, 0.717) is 12.1 Å². The quantitative estimate of drug-likeness (QED) is 0.916. The molecule has 0 spiro atoms. The lowest BCUT2D eigenvalue weighted by Gasteiger charge is -2.39. The SMILES string of the molecule is CCC1CNC(C)CN1Cc1ncc(C)c(OC)c1C. The average Bonchev–Trinajstić information content (AvgIpc) is 2.43. The Morgan fingerprint density at radius 2 is 2.20 bits per heavy atom. The summed E-state index contributed by atoms with van der Waals surface area (Å²) >= 11 is 0. The molecule has 1 fully saturated rings. The Balaban J connectivity index is 2.20. The van der Waals surface area contributed by atoms with Crippen LogP contribution < -0.4 is 10.1 Å². The number of aryl methyl sites for hydroxylation is 1. The van der Waals surface area contributed by atoms with E-state index in [9.17, 15) is 0 Å². The molecule has 2 heterocycles. The first-order valence-electron chi connectivity index (χ1n) is 7.53. The maximum atomic E-state index is 5.51. The Bertz CT molecular complexity index is 461. The molecule has 4 heteroatoms. The Kier molecular flexibility index (Phi) is 5.00. The molecule has 2 rings (SSSR count). The first kappa shape index (κ1) is 15.3. The topological polar surface area (TPSA) is 37.4 Å². The van der Waals surface area contributed by atoms with Gasteiger partial charge in [-0.25, -0.2) is 0 Å². The minimum absolute atomic E-state index is 0.547. The molecule has 1 aromatic rings. The summed E-state index contributed by atoms with van der Waals surface area (Å²) in [5.74, 6) is 0.978. The van der Waals surface area contributed by atoms with Gasteiger partial charge in [-0.05, 0) is 27.2 Å². The fourth-order valence-electron chi connectivity index (χ4n) is 3.05. The summed E-state index contributed by atoms with van der Waals surface area (Å²) in [7, 11) is 1.74. The Hall–Kier alpha value is -1.13. The molecular weight excluding hydrogens is 250 g/mol. The van der Waals surface area contributed by atoms with Crippen LogP contribution in [-0.4, -0.2) is 42.2 Å². The molecular formula is C16H27N3O. The number of pyridine rings is 1. The molecule has 1 saturated heterocycles. The van der Waals surface area contributed by atoms with E-state index in [0.717, 1.165) is 36.6 Å². The van der Waals surface area contributed by atoms with Crippen LogP contribution in [0.25, 0.3) is 0 Å². The first-order chi connectivity index (χ1) is 9.56. The molecule has 1 N–H and O–H groups in total. The number of nitrogens with zero attached hydrogens (tertiary/aromatic N) is 2. The number of hydrogen-bond acceptors (Lipinski definition) is 4. The van der Waals surface area contributed by atoms with Crippen LogP contribution in [0, 0.1) is 13.8 Å². The summed E-state index contributed by atoms with van der Waals surface area (Å²) in [4.78, 5) is 7.18. The van der Waals surface area contributed by atoms with Crippen LogP contribution in [0.2, 0.25) is 0 Å². The summed E-state index contributed by atoms with van der Waals surface area (Å²) in [5, 5.41) is 3.56. The number of piperazine rings is 1. The van der Waals surface area contributed by atoms with Gasteiger partial charge in [-0.3, -0.25) is 9.88 Å². The predicted octanol–water partition coefficient (Wildman–Crippen LogP) is 2.28. The van der Waals surface area contributed by atoms with Crippen LogP contribution >= 0.6 is 0 Å². The van der Waals surface area contributed by atoms with Crippen molar-refractivity contribution in [2.75, 3.05) is 20.2 Å². The van der Waals surface area contributed by atoms with Crippen LogP contribution in [-0.2, 0) is 6.54 Å². The van der Waals surface area contributed by atoms with Crippen molar-refractivity contribution in [1.82, 2.24) is 15.2 Å². The highest BCUT2D eigenvalue weighted by molar-refractivity contribution is 5.41. The molecule has 1 aliphatic heterocycles. The van der Waals surface area contributed by atoms with Gasteiger partial charge in [0.1, 0.15) is 5.75 Å². The van der Waals surface area contributed by atoms with Crippen molar-refractivity contribution in [3.05, 3.63) is 23.0 Å². The third-order valence-corrected chi connectivity index (χ3v) is 4.30. The van der Waals surface area contributed by atoms with Gasteiger partial charge in [0.25, 0.3) is 0 Å². The van der Waals surface area contributed by atoms with E-state index >= 15 is 0 Å².